The quantitative estimate of drug-likeness (QED) is 0.113. The van der Waals surface area contributed by atoms with Gasteiger partial charge in [0.05, 0.1) is 11.2 Å². The van der Waals surface area contributed by atoms with Gasteiger partial charge >= 0.3 is 0 Å². The SMILES string of the molecule is C=C/C(=C\C)c1nc2ccccc2c2cc(C(C)(c3ccccc3)c3ccccc3)c(C(=C)/C=C\C=C/C)cc12. The second-order valence-corrected chi connectivity index (χ2v) is 10.1. The van der Waals surface area contributed by atoms with E-state index in [1.54, 1.807) is 0 Å². The zero-order valence-corrected chi connectivity index (χ0v) is 23.6. The van der Waals surface area contributed by atoms with E-state index in [1.165, 1.54) is 22.1 Å². The first-order valence-electron chi connectivity index (χ1n) is 13.8. The Hall–Kier alpha value is -4.75. The highest BCUT2D eigenvalue weighted by Crippen LogP contribution is 2.45. The van der Waals surface area contributed by atoms with Crippen LogP contribution in [0.2, 0.25) is 0 Å². The summed E-state index contributed by atoms with van der Waals surface area (Å²) in [6.45, 7) is 15.0. The number of para-hydroxylation sites is 1. The average Bonchev–Trinajstić information content (AvgIpc) is 3.01. The van der Waals surface area contributed by atoms with E-state index in [4.69, 9.17) is 4.98 Å². The molecule has 0 radical (unpaired) electrons. The Morgan fingerprint density at radius 2 is 1.38 bits per heavy atom. The molecule has 0 atom stereocenters. The molecule has 0 aliphatic heterocycles. The van der Waals surface area contributed by atoms with Crippen LogP contribution in [0.15, 0.2) is 147 Å². The fourth-order valence-corrected chi connectivity index (χ4v) is 5.64. The summed E-state index contributed by atoms with van der Waals surface area (Å²) in [4.78, 5) is 5.13. The molecule has 0 saturated heterocycles. The van der Waals surface area contributed by atoms with Crippen LogP contribution in [-0.4, -0.2) is 4.98 Å². The van der Waals surface area contributed by atoms with Crippen LogP contribution in [0.5, 0.6) is 0 Å². The topological polar surface area (TPSA) is 12.9 Å². The van der Waals surface area contributed by atoms with Crippen molar-refractivity contribution in [3.63, 3.8) is 0 Å². The Labute approximate surface area is 238 Å². The molecule has 1 nitrogen and oxygen atoms in total. The van der Waals surface area contributed by atoms with Crippen molar-refractivity contribution in [2.24, 2.45) is 0 Å². The lowest BCUT2D eigenvalue weighted by atomic mass is 9.68. The molecule has 1 aromatic heterocycles. The van der Waals surface area contributed by atoms with Crippen LogP contribution in [0, 0.1) is 0 Å². The Bertz CT molecular complexity index is 1740. The number of hydrogen-bond donors (Lipinski definition) is 0. The van der Waals surface area contributed by atoms with Crippen molar-refractivity contribution in [3.8, 4) is 0 Å². The number of benzene rings is 4. The predicted molar refractivity (Wildman–Crippen MR) is 175 cm³/mol. The molecule has 1 heterocycles. The van der Waals surface area contributed by atoms with Crippen LogP contribution in [0.4, 0.5) is 0 Å². The maximum Gasteiger partial charge on any atom is 0.0784 e. The lowest BCUT2D eigenvalue weighted by molar-refractivity contribution is 0.691. The van der Waals surface area contributed by atoms with E-state index in [0.717, 1.165) is 38.7 Å². The molecule has 0 spiro atoms. The van der Waals surface area contributed by atoms with Gasteiger partial charge in [0.15, 0.2) is 0 Å². The zero-order chi connectivity index (χ0) is 28.1. The van der Waals surface area contributed by atoms with Crippen molar-refractivity contribution in [3.05, 3.63) is 175 Å². The average molecular weight is 518 g/mol. The first-order chi connectivity index (χ1) is 19.5. The molecule has 0 bridgehead atoms. The smallest absolute Gasteiger partial charge is 0.0784 e. The summed E-state index contributed by atoms with van der Waals surface area (Å²) in [5.74, 6) is 0. The van der Waals surface area contributed by atoms with E-state index in [2.05, 4.69) is 135 Å². The standard InChI is InChI=1S/C39H35N/c1-6-9-12-19-28(4)33-26-35-34(32-24-17-18-25-37(32)40-38(35)29(7-2)8-3)27-36(33)39(5,30-20-13-10-14-21-30)31-22-15-11-16-23-31/h6-27H,2,4H2,1,3,5H3/b9-6-,19-12-,29-8+. The minimum atomic E-state index is -0.435. The molecule has 0 saturated carbocycles. The molecule has 196 valence electrons. The Kier molecular flexibility index (Phi) is 7.75. The van der Waals surface area contributed by atoms with Crippen LogP contribution in [0.3, 0.4) is 0 Å². The maximum atomic E-state index is 5.13. The number of hydrogen-bond acceptors (Lipinski definition) is 1. The highest BCUT2D eigenvalue weighted by molar-refractivity contribution is 6.11. The van der Waals surface area contributed by atoms with Crippen molar-refractivity contribution in [2.45, 2.75) is 26.2 Å². The van der Waals surface area contributed by atoms with E-state index in [0.29, 0.717) is 0 Å². The van der Waals surface area contributed by atoms with Gasteiger partial charge in [-0.05, 0) is 77.8 Å². The molecule has 5 rings (SSSR count). The van der Waals surface area contributed by atoms with E-state index in [9.17, 15) is 0 Å². The second kappa shape index (κ2) is 11.6. The summed E-state index contributed by atoms with van der Waals surface area (Å²) in [6, 6.07) is 34.6. The Balaban J connectivity index is 1.97. The van der Waals surface area contributed by atoms with E-state index < -0.39 is 5.41 Å². The monoisotopic (exact) mass is 517 g/mol. The lowest BCUT2D eigenvalue weighted by Crippen LogP contribution is -2.27. The van der Waals surface area contributed by atoms with Gasteiger partial charge in [-0.3, -0.25) is 0 Å². The first-order valence-corrected chi connectivity index (χ1v) is 13.8. The summed E-state index contributed by atoms with van der Waals surface area (Å²) in [5, 5.41) is 3.39. The minimum Gasteiger partial charge on any atom is -0.247 e. The second-order valence-electron chi connectivity index (χ2n) is 10.1. The van der Waals surface area contributed by atoms with E-state index >= 15 is 0 Å². The summed E-state index contributed by atoms with van der Waals surface area (Å²) < 4.78 is 0. The van der Waals surface area contributed by atoms with Crippen LogP contribution in [-0.2, 0) is 5.41 Å². The Morgan fingerprint density at radius 3 is 1.98 bits per heavy atom. The van der Waals surface area contributed by atoms with Gasteiger partial charge in [-0.1, -0.05) is 128 Å². The van der Waals surface area contributed by atoms with Crippen molar-refractivity contribution in [1.29, 1.82) is 0 Å². The summed E-state index contributed by atoms with van der Waals surface area (Å²) >= 11 is 0. The zero-order valence-electron chi connectivity index (χ0n) is 23.6. The van der Waals surface area contributed by atoms with Gasteiger partial charge in [0.1, 0.15) is 0 Å². The van der Waals surface area contributed by atoms with Crippen LogP contribution in [0.1, 0.15) is 48.7 Å². The highest BCUT2D eigenvalue weighted by Gasteiger charge is 2.34. The van der Waals surface area contributed by atoms with Crippen LogP contribution >= 0.6 is 0 Å². The third-order valence-electron chi connectivity index (χ3n) is 7.83. The third-order valence-corrected chi connectivity index (χ3v) is 7.83. The predicted octanol–water partition coefficient (Wildman–Crippen LogP) is 10.5. The van der Waals surface area contributed by atoms with Crippen molar-refractivity contribution in [1.82, 2.24) is 4.98 Å². The third kappa shape index (κ3) is 4.76. The van der Waals surface area contributed by atoms with Gasteiger partial charge in [-0.25, -0.2) is 4.98 Å². The normalized spacial score (nSPS) is 12.5. The first kappa shape index (κ1) is 26.8. The Morgan fingerprint density at radius 1 is 0.750 bits per heavy atom. The number of rotatable bonds is 8. The molecule has 1 heteroatoms. The molecule has 0 fully saturated rings. The van der Waals surface area contributed by atoms with Crippen molar-refractivity contribution >= 4 is 32.8 Å². The number of pyridine rings is 1. The molecule has 0 N–H and O–H groups in total. The number of nitrogens with zero attached hydrogens (tertiary/aromatic N) is 1. The van der Waals surface area contributed by atoms with Crippen molar-refractivity contribution in [2.75, 3.05) is 0 Å². The van der Waals surface area contributed by atoms with E-state index in [1.807, 2.05) is 32.1 Å². The number of allylic oxidation sites excluding steroid dienone is 8. The molecule has 0 amide bonds. The summed E-state index contributed by atoms with van der Waals surface area (Å²) in [6.07, 6.45) is 12.2. The largest absolute Gasteiger partial charge is 0.247 e. The van der Waals surface area contributed by atoms with E-state index in [-0.39, 0.29) is 0 Å². The number of aromatic nitrogens is 1. The van der Waals surface area contributed by atoms with Gasteiger partial charge < -0.3 is 0 Å². The van der Waals surface area contributed by atoms with Gasteiger partial charge in [-0.15, -0.1) is 0 Å². The summed E-state index contributed by atoms with van der Waals surface area (Å²) in [5.41, 5.74) is 8.19. The van der Waals surface area contributed by atoms with Gasteiger partial charge in [0, 0.05) is 16.2 Å². The maximum absolute atomic E-state index is 5.13. The highest BCUT2D eigenvalue weighted by atomic mass is 14.7. The molecule has 0 unspecified atom stereocenters. The molecular formula is C39H35N. The fourth-order valence-electron chi connectivity index (χ4n) is 5.64. The summed E-state index contributed by atoms with van der Waals surface area (Å²) in [7, 11) is 0. The van der Waals surface area contributed by atoms with Crippen LogP contribution in [0.25, 0.3) is 32.8 Å². The molecule has 4 aromatic carbocycles. The van der Waals surface area contributed by atoms with Gasteiger partial charge in [-0.2, -0.15) is 0 Å². The molecule has 40 heavy (non-hydrogen) atoms. The molecule has 5 aromatic rings. The van der Waals surface area contributed by atoms with Gasteiger partial charge in [0.25, 0.3) is 0 Å². The van der Waals surface area contributed by atoms with Gasteiger partial charge in [0.2, 0.25) is 0 Å². The minimum absolute atomic E-state index is 0.435. The fraction of sp³-hybridized carbons (Fsp3) is 0.103. The van der Waals surface area contributed by atoms with Crippen LogP contribution < -0.4 is 0 Å². The molecule has 0 aliphatic carbocycles. The van der Waals surface area contributed by atoms with Crippen molar-refractivity contribution < 1.29 is 0 Å². The molecular weight excluding hydrogens is 482 g/mol. The number of fused-ring (bicyclic) bond motifs is 3. The lowest BCUT2D eigenvalue weighted by Gasteiger charge is -2.34. The molecule has 0 aliphatic rings.